The van der Waals surface area contributed by atoms with Gasteiger partial charge in [0.05, 0.1) is 5.56 Å². The van der Waals surface area contributed by atoms with E-state index in [1.54, 1.807) is 6.07 Å². The molecule has 3 N–H and O–H groups in total. The Labute approximate surface area is 117 Å². The van der Waals surface area contributed by atoms with Crippen LogP contribution in [0.1, 0.15) is 44.6 Å². The summed E-state index contributed by atoms with van der Waals surface area (Å²) in [7, 11) is 0. The Hall–Kier alpha value is -1.39. The highest BCUT2D eigenvalue weighted by Gasteiger charge is 2.33. The summed E-state index contributed by atoms with van der Waals surface area (Å²) < 4.78 is 38.4. The fourth-order valence-electron chi connectivity index (χ4n) is 2.81. The molecule has 0 aromatic heterocycles. The predicted molar refractivity (Wildman–Crippen MR) is 75.5 cm³/mol. The Bertz CT molecular complexity index is 463. The average Bonchev–Trinajstić information content (AvgIpc) is 2.37. The van der Waals surface area contributed by atoms with E-state index < -0.39 is 11.7 Å². The molecule has 20 heavy (non-hydrogen) atoms. The van der Waals surface area contributed by atoms with Crippen LogP contribution in [0.4, 0.5) is 24.5 Å². The van der Waals surface area contributed by atoms with Crippen molar-refractivity contribution in [2.75, 3.05) is 17.6 Å². The zero-order valence-electron chi connectivity index (χ0n) is 11.7. The zero-order valence-corrected chi connectivity index (χ0v) is 11.7. The third-order valence-electron chi connectivity index (χ3n) is 4.14. The number of anilines is 2. The van der Waals surface area contributed by atoms with E-state index in [0.29, 0.717) is 12.2 Å². The molecule has 1 saturated carbocycles. The van der Waals surface area contributed by atoms with Crippen molar-refractivity contribution in [3.8, 4) is 0 Å². The second kappa shape index (κ2) is 5.54. The molecule has 1 aromatic carbocycles. The lowest BCUT2D eigenvalue weighted by molar-refractivity contribution is -0.136. The number of nitrogens with two attached hydrogens (primary N) is 1. The summed E-state index contributed by atoms with van der Waals surface area (Å²) >= 11 is 0. The first kappa shape index (κ1) is 15.0. The van der Waals surface area contributed by atoms with Gasteiger partial charge in [0.2, 0.25) is 0 Å². The highest BCUT2D eigenvalue weighted by Crippen LogP contribution is 2.37. The van der Waals surface area contributed by atoms with Gasteiger partial charge in [0.15, 0.2) is 0 Å². The van der Waals surface area contributed by atoms with Gasteiger partial charge in [-0.1, -0.05) is 26.2 Å². The molecule has 0 bridgehead atoms. The van der Waals surface area contributed by atoms with Gasteiger partial charge < -0.3 is 11.1 Å². The molecule has 0 aliphatic heterocycles. The molecule has 0 atom stereocenters. The van der Waals surface area contributed by atoms with E-state index in [2.05, 4.69) is 12.2 Å². The van der Waals surface area contributed by atoms with E-state index >= 15 is 0 Å². The second-order valence-electron chi connectivity index (χ2n) is 6.02. The van der Waals surface area contributed by atoms with Gasteiger partial charge in [-0.2, -0.15) is 13.2 Å². The summed E-state index contributed by atoms with van der Waals surface area (Å²) in [6.07, 6.45) is 1.51. The van der Waals surface area contributed by atoms with Crippen LogP contribution < -0.4 is 11.1 Å². The molecule has 112 valence electrons. The minimum atomic E-state index is -4.41. The molecule has 1 fully saturated rings. The molecule has 0 radical (unpaired) electrons. The van der Waals surface area contributed by atoms with Crippen molar-refractivity contribution >= 4 is 11.4 Å². The van der Waals surface area contributed by atoms with Crippen LogP contribution in [-0.4, -0.2) is 6.54 Å². The van der Waals surface area contributed by atoms with Gasteiger partial charge in [0.25, 0.3) is 0 Å². The number of hydrogen-bond acceptors (Lipinski definition) is 2. The molecule has 0 heterocycles. The van der Waals surface area contributed by atoms with Crippen molar-refractivity contribution in [1.29, 1.82) is 0 Å². The Balaban J connectivity index is 2.06. The first-order valence-electron chi connectivity index (χ1n) is 7.01. The number of nitrogen functional groups attached to an aromatic ring is 1. The van der Waals surface area contributed by atoms with Crippen LogP contribution in [0.25, 0.3) is 0 Å². The molecule has 1 aliphatic rings. The molecular formula is C15H21F3N2. The maximum Gasteiger partial charge on any atom is 0.418 e. The van der Waals surface area contributed by atoms with Gasteiger partial charge in [-0.25, -0.2) is 0 Å². The van der Waals surface area contributed by atoms with E-state index in [-0.39, 0.29) is 11.1 Å². The predicted octanol–water partition coefficient (Wildman–Crippen LogP) is 4.67. The molecule has 2 rings (SSSR count). The molecule has 0 saturated heterocycles. The number of halogens is 3. The summed E-state index contributed by atoms with van der Waals surface area (Å²) in [6.45, 7) is 2.90. The van der Waals surface area contributed by atoms with Gasteiger partial charge in [0, 0.05) is 17.9 Å². The van der Waals surface area contributed by atoms with E-state index in [1.165, 1.54) is 25.3 Å². The molecule has 2 nitrogen and oxygen atoms in total. The Morgan fingerprint density at radius 1 is 1.20 bits per heavy atom. The van der Waals surface area contributed by atoms with Gasteiger partial charge in [-0.15, -0.1) is 0 Å². The minimum Gasteiger partial charge on any atom is -0.398 e. The standard InChI is InChI=1S/C15H21F3N2/c1-14(7-3-2-4-8-14)10-20-11-5-6-13(19)12(9-11)15(16,17)18/h5-6,9,20H,2-4,7-8,10,19H2,1H3. The summed E-state index contributed by atoms with van der Waals surface area (Å²) in [4.78, 5) is 0. The van der Waals surface area contributed by atoms with Crippen LogP contribution in [0.5, 0.6) is 0 Å². The highest BCUT2D eigenvalue weighted by molar-refractivity contribution is 5.58. The quantitative estimate of drug-likeness (QED) is 0.792. The van der Waals surface area contributed by atoms with Crippen molar-refractivity contribution in [1.82, 2.24) is 0 Å². The smallest absolute Gasteiger partial charge is 0.398 e. The van der Waals surface area contributed by atoms with E-state index in [0.717, 1.165) is 18.9 Å². The zero-order chi connectivity index (χ0) is 14.8. The van der Waals surface area contributed by atoms with Gasteiger partial charge in [-0.3, -0.25) is 0 Å². The number of benzene rings is 1. The number of alkyl halides is 3. The fourth-order valence-corrected chi connectivity index (χ4v) is 2.81. The summed E-state index contributed by atoms with van der Waals surface area (Å²) in [5.41, 5.74) is 5.06. The molecule has 0 spiro atoms. The van der Waals surface area contributed by atoms with E-state index in [9.17, 15) is 13.2 Å². The summed E-state index contributed by atoms with van der Waals surface area (Å²) in [5.74, 6) is 0. The largest absolute Gasteiger partial charge is 0.418 e. The fraction of sp³-hybridized carbons (Fsp3) is 0.600. The first-order chi connectivity index (χ1) is 9.30. The molecule has 1 aromatic rings. The van der Waals surface area contributed by atoms with Gasteiger partial charge in [0.1, 0.15) is 0 Å². The maximum absolute atomic E-state index is 12.8. The monoisotopic (exact) mass is 286 g/mol. The topological polar surface area (TPSA) is 38.0 Å². The number of nitrogens with one attached hydrogen (secondary N) is 1. The normalized spacial score (nSPS) is 18.8. The average molecular weight is 286 g/mol. The molecule has 0 unspecified atom stereocenters. The Morgan fingerprint density at radius 2 is 1.85 bits per heavy atom. The van der Waals surface area contributed by atoms with Crippen LogP contribution in [0.2, 0.25) is 0 Å². The van der Waals surface area contributed by atoms with E-state index in [1.807, 2.05) is 0 Å². The SMILES string of the molecule is CC1(CNc2ccc(N)c(C(F)(F)F)c2)CCCCC1. The highest BCUT2D eigenvalue weighted by atomic mass is 19.4. The lowest BCUT2D eigenvalue weighted by Crippen LogP contribution is -2.29. The van der Waals surface area contributed by atoms with Crippen LogP contribution >= 0.6 is 0 Å². The summed E-state index contributed by atoms with van der Waals surface area (Å²) in [6, 6.07) is 4.02. The van der Waals surface area contributed by atoms with Crippen molar-refractivity contribution in [2.24, 2.45) is 5.41 Å². The second-order valence-corrected chi connectivity index (χ2v) is 6.02. The van der Waals surface area contributed by atoms with Crippen LogP contribution in [0.3, 0.4) is 0 Å². The van der Waals surface area contributed by atoms with Crippen molar-refractivity contribution < 1.29 is 13.2 Å². The van der Waals surface area contributed by atoms with Crippen LogP contribution in [0, 0.1) is 5.41 Å². The Morgan fingerprint density at radius 3 is 2.45 bits per heavy atom. The molecule has 0 amide bonds. The van der Waals surface area contributed by atoms with Crippen LogP contribution in [-0.2, 0) is 6.18 Å². The van der Waals surface area contributed by atoms with Crippen molar-refractivity contribution in [2.45, 2.75) is 45.2 Å². The third kappa shape index (κ3) is 3.58. The third-order valence-corrected chi connectivity index (χ3v) is 4.14. The number of hydrogen-bond donors (Lipinski definition) is 2. The van der Waals surface area contributed by atoms with Gasteiger partial charge in [-0.05, 0) is 36.5 Å². The van der Waals surface area contributed by atoms with E-state index in [4.69, 9.17) is 5.73 Å². The lowest BCUT2D eigenvalue weighted by atomic mass is 9.76. The maximum atomic E-state index is 12.8. The van der Waals surface area contributed by atoms with Gasteiger partial charge >= 0.3 is 6.18 Å². The lowest BCUT2D eigenvalue weighted by Gasteiger charge is -2.34. The Kier molecular flexibility index (Phi) is 4.16. The van der Waals surface area contributed by atoms with Crippen molar-refractivity contribution in [3.05, 3.63) is 23.8 Å². The molecule has 1 aliphatic carbocycles. The van der Waals surface area contributed by atoms with Crippen LogP contribution in [0.15, 0.2) is 18.2 Å². The first-order valence-corrected chi connectivity index (χ1v) is 7.01. The van der Waals surface area contributed by atoms with Crippen molar-refractivity contribution in [3.63, 3.8) is 0 Å². The summed E-state index contributed by atoms with van der Waals surface area (Å²) in [5, 5.41) is 3.14. The molecular weight excluding hydrogens is 265 g/mol. The number of rotatable bonds is 3. The minimum absolute atomic E-state index is 0.179. The molecule has 5 heteroatoms.